The van der Waals surface area contributed by atoms with Crippen molar-refractivity contribution in [1.82, 2.24) is 10.3 Å². The first kappa shape index (κ1) is 12.6. The van der Waals surface area contributed by atoms with Gasteiger partial charge in [0.05, 0.1) is 0 Å². The van der Waals surface area contributed by atoms with Crippen LogP contribution >= 0.6 is 0 Å². The summed E-state index contributed by atoms with van der Waals surface area (Å²) in [6.07, 6.45) is 7.00. The fourth-order valence-electron chi connectivity index (χ4n) is 3.04. The number of nitrogens with zero attached hydrogens (tertiary/aromatic N) is 1. The molecular formula is C15H24N2. The zero-order chi connectivity index (χ0) is 12.1. The highest BCUT2D eigenvalue weighted by atomic mass is 14.9. The van der Waals surface area contributed by atoms with Crippen molar-refractivity contribution in [2.24, 2.45) is 11.8 Å². The number of pyridine rings is 1. The summed E-state index contributed by atoms with van der Waals surface area (Å²) in [5.74, 6) is 1.77. The highest BCUT2D eigenvalue weighted by molar-refractivity contribution is 5.03. The van der Waals surface area contributed by atoms with E-state index in [0.717, 1.165) is 30.8 Å². The van der Waals surface area contributed by atoms with Crippen molar-refractivity contribution in [1.29, 1.82) is 0 Å². The van der Waals surface area contributed by atoms with E-state index in [1.54, 1.807) is 0 Å². The predicted octanol–water partition coefficient (Wildman–Crippen LogP) is 3.04. The number of hydrogen-bond donors (Lipinski definition) is 1. The van der Waals surface area contributed by atoms with Gasteiger partial charge in [-0.2, -0.15) is 0 Å². The van der Waals surface area contributed by atoms with Gasteiger partial charge in [0, 0.05) is 30.9 Å². The van der Waals surface area contributed by atoms with Crippen LogP contribution in [0.1, 0.15) is 38.8 Å². The van der Waals surface area contributed by atoms with E-state index in [1.807, 2.05) is 12.3 Å². The quantitative estimate of drug-likeness (QED) is 0.844. The van der Waals surface area contributed by atoms with Crippen LogP contribution in [0.15, 0.2) is 24.4 Å². The molecule has 1 aromatic heterocycles. The summed E-state index contributed by atoms with van der Waals surface area (Å²) >= 11 is 0. The third-order valence-corrected chi connectivity index (χ3v) is 4.26. The molecule has 2 heteroatoms. The van der Waals surface area contributed by atoms with Gasteiger partial charge in [0.25, 0.3) is 0 Å². The van der Waals surface area contributed by atoms with Crippen LogP contribution in [0.25, 0.3) is 0 Å². The second-order valence-electron chi connectivity index (χ2n) is 5.24. The second-order valence-corrected chi connectivity index (χ2v) is 5.24. The molecule has 1 aromatic rings. The largest absolute Gasteiger partial charge is 0.313 e. The SMILES string of the molecule is CCC1CCC(NCCc2ccccn2)C1C. The monoisotopic (exact) mass is 232 g/mol. The standard InChI is InChI=1S/C15H24N2/c1-3-13-7-8-15(12(13)2)17-11-9-14-6-4-5-10-16-14/h4-6,10,12-13,15,17H,3,7-9,11H2,1-2H3. The van der Waals surface area contributed by atoms with Gasteiger partial charge in [-0.3, -0.25) is 4.98 Å². The fraction of sp³-hybridized carbons (Fsp3) is 0.667. The molecule has 0 bridgehead atoms. The van der Waals surface area contributed by atoms with Gasteiger partial charge in [-0.25, -0.2) is 0 Å². The van der Waals surface area contributed by atoms with Crippen LogP contribution in [0.4, 0.5) is 0 Å². The molecule has 0 aliphatic heterocycles. The van der Waals surface area contributed by atoms with E-state index in [1.165, 1.54) is 25.0 Å². The van der Waals surface area contributed by atoms with E-state index in [0.29, 0.717) is 0 Å². The minimum Gasteiger partial charge on any atom is -0.313 e. The lowest BCUT2D eigenvalue weighted by Gasteiger charge is -2.20. The predicted molar refractivity (Wildman–Crippen MR) is 71.9 cm³/mol. The summed E-state index contributed by atoms with van der Waals surface area (Å²) in [5.41, 5.74) is 1.19. The first-order valence-electron chi connectivity index (χ1n) is 6.94. The normalized spacial score (nSPS) is 28.5. The Labute approximate surface area is 105 Å². The van der Waals surface area contributed by atoms with Crippen LogP contribution in [0.3, 0.4) is 0 Å². The molecule has 1 fully saturated rings. The van der Waals surface area contributed by atoms with Crippen molar-refractivity contribution >= 4 is 0 Å². The third kappa shape index (κ3) is 3.29. The molecule has 2 rings (SSSR count). The maximum Gasteiger partial charge on any atom is 0.0416 e. The minimum atomic E-state index is 0.726. The van der Waals surface area contributed by atoms with Crippen LogP contribution in [-0.2, 0) is 6.42 Å². The van der Waals surface area contributed by atoms with Gasteiger partial charge in [0.15, 0.2) is 0 Å². The van der Waals surface area contributed by atoms with Gasteiger partial charge >= 0.3 is 0 Å². The summed E-state index contributed by atoms with van der Waals surface area (Å²) in [5, 5.41) is 3.70. The Morgan fingerprint density at radius 3 is 2.88 bits per heavy atom. The Bertz CT molecular complexity index is 323. The first-order chi connectivity index (χ1) is 8.31. The number of rotatable bonds is 5. The lowest BCUT2D eigenvalue weighted by Crippen LogP contribution is -2.34. The second kappa shape index (κ2) is 6.15. The highest BCUT2D eigenvalue weighted by Crippen LogP contribution is 2.33. The van der Waals surface area contributed by atoms with Gasteiger partial charge in [-0.05, 0) is 36.8 Å². The zero-order valence-electron chi connectivity index (χ0n) is 11.0. The zero-order valence-corrected chi connectivity index (χ0v) is 11.0. The summed E-state index contributed by atoms with van der Waals surface area (Å²) < 4.78 is 0. The molecule has 3 atom stereocenters. The Hall–Kier alpha value is -0.890. The average molecular weight is 232 g/mol. The summed E-state index contributed by atoms with van der Waals surface area (Å²) in [7, 11) is 0. The highest BCUT2D eigenvalue weighted by Gasteiger charge is 2.30. The molecule has 3 unspecified atom stereocenters. The van der Waals surface area contributed by atoms with Crippen molar-refractivity contribution in [3.05, 3.63) is 30.1 Å². The van der Waals surface area contributed by atoms with Crippen LogP contribution < -0.4 is 5.32 Å². The van der Waals surface area contributed by atoms with Crippen LogP contribution in [-0.4, -0.2) is 17.6 Å². The van der Waals surface area contributed by atoms with Crippen molar-refractivity contribution in [2.45, 2.75) is 45.6 Å². The molecule has 1 heterocycles. The first-order valence-corrected chi connectivity index (χ1v) is 6.94. The van der Waals surface area contributed by atoms with Crippen molar-refractivity contribution in [3.63, 3.8) is 0 Å². The molecular weight excluding hydrogens is 208 g/mol. The summed E-state index contributed by atoms with van der Waals surface area (Å²) in [4.78, 5) is 4.35. The van der Waals surface area contributed by atoms with Gasteiger partial charge in [0.2, 0.25) is 0 Å². The molecule has 1 N–H and O–H groups in total. The molecule has 0 aromatic carbocycles. The van der Waals surface area contributed by atoms with E-state index in [9.17, 15) is 0 Å². The van der Waals surface area contributed by atoms with E-state index in [2.05, 4.69) is 36.3 Å². The van der Waals surface area contributed by atoms with Crippen molar-refractivity contribution < 1.29 is 0 Å². The van der Waals surface area contributed by atoms with Crippen molar-refractivity contribution in [3.8, 4) is 0 Å². The number of hydrogen-bond acceptors (Lipinski definition) is 2. The molecule has 0 radical (unpaired) electrons. The Morgan fingerprint density at radius 1 is 1.35 bits per heavy atom. The summed E-state index contributed by atoms with van der Waals surface area (Å²) in [6.45, 7) is 5.78. The molecule has 2 nitrogen and oxygen atoms in total. The Balaban J connectivity index is 1.73. The maximum atomic E-state index is 4.35. The molecule has 1 saturated carbocycles. The molecule has 0 amide bonds. The topological polar surface area (TPSA) is 24.9 Å². The van der Waals surface area contributed by atoms with E-state index in [4.69, 9.17) is 0 Å². The average Bonchev–Trinajstić information content (AvgIpc) is 2.72. The van der Waals surface area contributed by atoms with E-state index < -0.39 is 0 Å². The molecule has 0 spiro atoms. The lowest BCUT2D eigenvalue weighted by molar-refractivity contribution is 0.346. The summed E-state index contributed by atoms with van der Waals surface area (Å²) in [6, 6.07) is 6.87. The number of nitrogens with one attached hydrogen (secondary N) is 1. The third-order valence-electron chi connectivity index (χ3n) is 4.26. The van der Waals surface area contributed by atoms with Crippen LogP contribution in [0.2, 0.25) is 0 Å². The smallest absolute Gasteiger partial charge is 0.0416 e. The number of aromatic nitrogens is 1. The molecule has 94 valence electrons. The molecule has 0 saturated heterocycles. The Morgan fingerprint density at radius 2 is 2.24 bits per heavy atom. The van der Waals surface area contributed by atoms with Crippen LogP contribution in [0.5, 0.6) is 0 Å². The van der Waals surface area contributed by atoms with Crippen LogP contribution in [0, 0.1) is 11.8 Å². The van der Waals surface area contributed by atoms with E-state index in [-0.39, 0.29) is 0 Å². The molecule has 1 aliphatic rings. The Kier molecular flexibility index (Phi) is 4.55. The van der Waals surface area contributed by atoms with E-state index >= 15 is 0 Å². The van der Waals surface area contributed by atoms with Crippen molar-refractivity contribution in [2.75, 3.05) is 6.54 Å². The van der Waals surface area contributed by atoms with Gasteiger partial charge < -0.3 is 5.32 Å². The van der Waals surface area contributed by atoms with Gasteiger partial charge in [0.1, 0.15) is 0 Å². The molecule has 17 heavy (non-hydrogen) atoms. The van der Waals surface area contributed by atoms with Gasteiger partial charge in [-0.15, -0.1) is 0 Å². The molecule has 1 aliphatic carbocycles. The minimum absolute atomic E-state index is 0.726. The van der Waals surface area contributed by atoms with Gasteiger partial charge in [-0.1, -0.05) is 26.3 Å². The lowest BCUT2D eigenvalue weighted by atomic mass is 9.93. The fourth-order valence-corrected chi connectivity index (χ4v) is 3.04. The maximum absolute atomic E-state index is 4.35.